The summed E-state index contributed by atoms with van der Waals surface area (Å²) in [4.78, 5) is 38.2. The van der Waals surface area contributed by atoms with Crippen LogP contribution in [0.4, 0.5) is 10.2 Å². The first-order chi connectivity index (χ1) is 17.8. The lowest BCUT2D eigenvalue weighted by Gasteiger charge is -2.36. The Morgan fingerprint density at radius 1 is 1.05 bits per heavy atom. The number of hydrogen-bond donors (Lipinski definition) is 0. The van der Waals surface area contributed by atoms with Gasteiger partial charge in [0.2, 0.25) is 5.91 Å². The van der Waals surface area contributed by atoms with Crippen molar-refractivity contribution in [2.75, 3.05) is 37.7 Å². The van der Waals surface area contributed by atoms with E-state index in [2.05, 4.69) is 18.7 Å². The van der Waals surface area contributed by atoms with E-state index in [1.54, 1.807) is 28.6 Å². The van der Waals surface area contributed by atoms with Crippen LogP contribution in [0.1, 0.15) is 63.9 Å². The molecule has 1 aliphatic rings. The number of carbonyl (C=O) groups is 2. The standard InChI is InChI=1S/C27H35FN6O3/c1-5-7-18(3)25-29-26(33-16-14-32(15-17-33)22(35)12-13-23(36)37-6-2)24-19(4)31-34(27(24)30-25)21-10-8-20(28)9-11-21/h8-11,18H,5-7,12-17H2,1-4H3/t18-/m0/s1. The van der Waals surface area contributed by atoms with Crippen LogP contribution in [0.5, 0.6) is 0 Å². The zero-order chi connectivity index (χ0) is 26.5. The molecule has 37 heavy (non-hydrogen) atoms. The summed E-state index contributed by atoms with van der Waals surface area (Å²) < 4.78 is 20.3. The van der Waals surface area contributed by atoms with E-state index in [9.17, 15) is 14.0 Å². The first-order valence-electron chi connectivity index (χ1n) is 13.0. The van der Waals surface area contributed by atoms with Gasteiger partial charge in [-0.15, -0.1) is 0 Å². The second-order valence-electron chi connectivity index (χ2n) is 9.44. The maximum atomic E-state index is 13.6. The van der Waals surface area contributed by atoms with Gasteiger partial charge in [-0.3, -0.25) is 9.59 Å². The van der Waals surface area contributed by atoms with E-state index in [0.717, 1.165) is 41.3 Å². The number of aryl methyl sites for hydroxylation is 1. The highest BCUT2D eigenvalue weighted by Crippen LogP contribution is 2.32. The summed E-state index contributed by atoms with van der Waals surface area (Å²) >= 11 is 0. The lowest BCUT2D eigenvalue weighted by Crippen LogP contribution is -2.49. The summed E-state index contributed by atoms with van der Waals surface area (Å²) in [7, 11) is 0. The Kier molecular flexibility index (Phi) is 8.35. The maximum Gasteiger partial charge on any atom is 0.306 e. The number of anilines is 1. The molecule has 10 heteroatoms. The second-order valence-corrected chi connectivity index (χ2v) is 9.44. The van der Waals surface area contributed by atoms with Crippen molar-refractivity contribution in [1.29, 1.82) is 0 Å². The molecule has 1 fully saturated rings. The van der Waals surface area contributed by atoms with Crippen LogP contribution in [-0.4, -0.2) is 69.3 Å². The number of ether oxygens (including phenoxy) is 1. The molecule has 3 heterocycles. The zero-order valence-corrected chi connectivity index (χ0v) is 22.0. The molecule has 1 aliphatic heterocycles. The summed E-state index contributed by atoms with van der Waals surface area (Å²) in [6.07, 6.45) is 2.22. The Balaban J connectivity index is 1.62. The maximum absolute atomic E-state index is 13.6. The van der Waals surface area contributed by atoms with E-state index in [4.69, 9.17) is 19.8 Å². The molecule has 4 rings (SSSR count). The summed E-state index contributed by atoms with van der Waals surface area (Å²) in [5.74, 6) is 1.03. The van der Waals surface area contributed by atoms with Crippen molar-refractivity contribution in [2.24, 2.45) is 0 Å². The lowest BCUT2D eigenvalue weighted by atomic mass is 10.1. The van der Waals surface area contributed by atoms with Gasteiger partial charge in [-0.05, 0) is 44.5 Å². The van der Waals surface area contributed by atoms with Crippen LogP contribution in [0, 0.1) is 12.7 Å². The van der Waals surface area contributed by atoms with Gasteiger partial charge < -0.3 is 14.5 Å². The minimum Gasteiger partial charge on any atom is -0.466 e. The van der Waals surface area contributed by atoms with Crippen LogP contribution < -0.4 is 4.90 Å². The van der Waals surface area contributed by atoms with Gasteiger partial charge >= 0.3 is 5.97 Å². The average molecular weight is 511 g/mol. The van der Waals surface area contributed by atoms with Gasteiger partial charge in [-0.2, -0.15) is 5.10 Å². The van der Waals surface area contributed by atoms with Gasteiger partial charge in [0.1, 0.15) is 17.5 Å². The number of nitrogens with zero attached hydrogens (tertiary/aromatic N) is 6. The minimum atomic E-state index is -0.347. The van der Waals surface area contributed by atoms with Gasteiger partial charge in [0.05, 0.1) is 29.8 Å². The number of amides is 1. The van der Waals surface area contributed by atoms with E-state index in [-0.39, 0.29) is 36.5 Å². The van der Waals surface area contributed by atoms with E-state index in [1.165, 1.54) is 12.1 Å². The molecule has 0 N–H and O–H groups in total. The zero-order valence-electron chi connectivity index (χ0n) is 22.0. The third-order valence-corrected chi connectivity index (χ3v) is 6.71. The summed E-state index contributed by atoms with van der Waals surface area (Å²) in [5.41, 5.74) is 2.22. The van der Waals surface area contributed by atoms with Crippen molar-refractivity contribution in [1.82, 2.24) is 24.6 Å². The number of esters is 1. The third-order valence-electron chi connectivity index (χ3n) is 6.71. The topological polar surface area (TPSA) is 93.5 Å². The predicted octanol–water partition coefficient (Wildman–Crippen LogP) is 4.16. The molecule has 0 aliphatic carbocycles. The van der Waals surface area contributed by atoms with Gasteiger partial charge in [0.25, 0.3) is 0 Å². The van der Waals surface area contributed by atoms with Crippen molar-refractivity contribution < 1.29 is 18.7 Å². The fraction of sp³-hybridized carbons (Fsp3) is 0.519. The molecule has 1 aromatic carbocycles. The molecule has 9 nitrogen and oxygen atoms in total. The highest BCUT2D eigenvalue weighted by atomic mass is 19.1. The molecule has 0 bridgehead atoms. The van der Waals surface area contributed by atoms with Crippen LogP contribution >= 0.6 is 0 Å². The summed E-state index contributed by atoms with van der Waals surface area (Å²) in [6.45, 7) is 10.6. The third kappa shape index (κ3) is 5.89. The van der Waals surface area contributed by atoms with Crippen molar-refractivity contribution >= 4 is 28.7 Å². The molecule has 1 saturated heterocycles. The van der Waals surface area contributed by atoms with Crippen LogP contribution in [0.15, 0.2) is 24.3 Å². The number of hydrogen-bond acceptors (Lipinski definition) is 7. The van der Waals surface area contributed by atoms with Crippen LogP contribution in [0.3, 0.4) is 0 Å². The number of halogens is 1. The number of carbonyl (C=O) groups excluding carboxylic acids is 2. The van der Waals surface area contributed by atoms with E-state index >= 15 is 0 Å². The molecule has 0 spiro atoms. The fourth-order valence-corrected chi connectivity index (χ4v) is 4.72. The van der Waals surface area contributed by atoms with Crippen molar-refractivity contribution in [2.45, 2.75) is 59.3 Å². The number of benzene rings is 1. The Morgan fingerprint density at radius 3 is 2.41 bits per heavy atom. The van der Waals surface area contributed by atoms with Gasteiger partial charge in [-0.25, -0.2) is 19.0 Å². The average Bonchev–Trinajstić information content (AvgIpc) is 3.24. The number of rotatable bonds is 9. The fourth-order valence-electron chi connectivity index (χ4n) is 4.72. The Morgan fingerprint density at radius 2 is 1.76 bits per heavy atom. The SMILES string of the molecule is CCC[C@H](C)c1nc(N2CCN(C(=O)CCC(=O)OCC)CC2)c2c(C)nn(-c3ccc(F)cc3)c2n1. The molecule has 0 saturated carbocycles. The second kappa shape index (κ2) is 11.7. The molecule has 2 aromatic heterocycles. The highest BCUT2D eigenvalue weighted by Gasteiger charge is 2.27. The summed E-state index contributed by atoms with van der Waals surface area (Å²) in [5, 5.41) is 5.61. The minimum absolute atomic E-state index is 0.0434. The quantitative estimate of drug-likeness (QED) is 0.399. The highest BCUT2D eigenvalue weighted by molar-refractivity contribution is 5.91. The number of aromatic nitrogens is 4. The van der Waals surface area contributed by atoms with Crippen molar-refractivity contribution in [3.8, 4) is 5.69 Å². The molecule has 198 valence electrons. The Bertz CT molecular complexity index is 1250. The molecule has 3 aromatic rings. The van der Waals surface area contributed by atoms with Crippen molar-refractivity contribution in [3.63, 3.8) is 0 Å². The van der Waals surface area contributed by atoms with E-state index in [0.29, 0.717) is 38.4 Å². The predicted molar refractivity (Wildman–Crippen MR) is 139 cm³/mol. The lowest BCUT2D eigenvalue weighted by molar-refractivity contribution is -0.145. The largest absolute Gasteiger partial charge is 0.466 e. The monoisotopic (exact) mass is 510 g/mol. The normalized spacial score (nSPS) is 14.7. The first kappa shape index (κ1) is 26.5. The molecule has 0 unspecified atom stereocenters. The number of fused-ring (bicyclic) bond motifs is 1. The summed E-state index contributed by atoms with van der Waals surface area (Å²) in [6, 6.07) is 6.22. The van der Waals surface area contributed by atoms with Crippen molar-refractivity contribution in [3.05, 3.63) is 41.6 Å². The van der Waals surface area contributed by atoms with E-state index in [1.807, 2.05) is 6.92 Å². The van der Waals surface area contributed by atoms with Crippen LogP contribution in [-0.2, 0) is 14.3 Å². The Labute approximate surface area is 216 Å². The van der Waals surface area contributed by atoms with Crippen LogP contribution in [0.2, 0.25) is 0 Å². The molecular weight excluding hydrogens is 475 g/mol. The molecule has 0 radical (unpaired) electrons. The number of piperazine rings is 1. The van der Waals surface area contributed by atoms with Gasteiger partial charge in [0.15, 0.2) is 5.65 Å². The first-order valence-corrected chi connectivity index (χ1v) is 13.0. The molecular formula is C27H35FN6O3. The molecule has 1 atom stereocenters. The Hall–Kier alpha value is -3.56. The smallest absolute Gasteiger partial charge is 0.306 e. The van der Waals surface area contributed by atoms with E-state index < -0.39 is 0 Å². The van der Waals surface area contributed by atoms with Crippen LogP contribution in [0.25, 0.3) is 16.7 Å². The van der Waals surface area contributed by atoms with Gasteiger partial charge in [0, 0.05) is 38.5 Å². The molecule has 1 amide bonds. The van der Waals surface area contributed by atoms with Gasteiger partial charge in [-0.1, -0.05) is 20.3 Å².